The first-order chi connectivity index (χ1) is 13.0. The van der Waals surface area contributed by atoms with Gasteiger partial charge in [0.2, 0.25) is 5.91 Å². The van der Waals surface area contributed by atoms with Crippen LogP contribution in [0.3, 0.4) is 0 Å². The van der Waals surface area contributed by atoms with E-state index in [0.717, 1.165) is 22.4 Å². The van der Waals surface area contributed by atoms with Crippen LogP contribution in [-0.2, 0) is 11.8 Å². The van der Waals surface area contributed by atoms with Crippen molar-refractivity contribution in [3.63, 3.8) is 0 Å². The molecule has 0 radical (unpaired) electrons. The van der Waals surface area contributed by atoms with Crippen LogP contribution in [0.5, 0.6) is 0 Å². The molecule has 0 fully saturated rings. The Morgan fingerprint density at radius 2 is 1.78 bits per heavy atom. The van der Waals surface area contributed by atoms with Crippen molar-refractivity contribution in [2.75, 3.05) is 11.9 Å². The van der Waals surface area contributed by atoms with E-state index in [1.807, 2.05) is 44.2 Å². The second kappa shape index (κ2) is 7.82. The summed E-state index contributed by atoms with van der Waals surface area (Å²) in [4.78, 5) is 28.3. The standard InChI is InChI=1S/C20H21N5O2/c1-13-14(2)21-10-8-17(13)15-4-6-16(7-5-15)24-19(26)12-22-20(27)18-9-11-23-25(18)3/h4-11H,12H2,1-3H3,(H,22,27)(H,24,26). The molecule has 0 atom stereocenters. The lowest BCUT2D eigenvalue weighted by Gasteiger charge is -2.10. The summed E-state index contributed by atoms with van der Waals surface area (Å²) in [5, 5.41) is 9.28. The molecule has 0 saturated carbocycles. The van der Waals surface area contributed by atoms with Crippen LogP contribution in [0.15, 0.2) is 48.8 Å². The largest absolute Gasteiger partial charge is 0.342 e. The van der Waals surface area contributed by atoms with Gasteiger partial charge in [0.25, 0.3) is 5.91 Å². The zero-order valence-corrected chi connectivity index (χ0v) is 15.5. The first-order valence-corrected chi connectivity index (χ1v) is 8.54. The molecule has 2 amide bonds. The van der Waals surface area contributed by atoms with Crippen molar-refractivity contribution in [2.24, 2.45) is 7.05 Å². The Hall–Kier alpha value is -3.48. The van der Waals surface area contributed by atoms with Crippen LogP contribution in [0, 0.1) is 13.8 Å². The topological polar surface area (TPSA) is 88.9 Å². The van der Waals surface area contributed by atoms with Crippen molar-refractivity contribution in [2.45, 2.75) is 13.8 Å². The van der Waals surface area contributed by atoms with E-state index in [2.05, 4.69) is 20.7 Å². The lowest BCUT2D eigenvalue weighted by Crippen LogP contribution is -2.33. The molecular weight excluding hydrogens is 342 g/mol. The van der Waals surface area contributed by atoms with Crippen LogP contribution in [-0.4, -0.2) is 33.1 Å². The van der Waals surface area contributed by atoms with Crippen LogP contribution in [0.2, 0.25) is 0 Å². The molecule has 138 valence electrons. The molecule has 7 heteroatoms. The Morgan fingerprint density at radius 3 is 2.44 bits per heavy atom. The van der Waals surface area contributed by atoms with Crippen molar-refractivity contribution in [1.82, 2.24) is 20.1 Å². The summed E-state index contributed by atoms with van der Waals surface area (Å²) in [6.45, 7) is 3.90. The first kappa shape index (κ1) is 18.3. The van der Waals surface area contributed by atoms with Crippen molar-refractivity contribution in [3.05, 3.63) is 65.7 Å². The number of nitrogens with zero attached hydrogens (tertiary/aromatic N) is 3. The lowest BCUT2D eigenvalue weighted by molar-refractivity contribution is -0.115. The van der Waals surface area contributed by atoms with Crippen LogP contribution in [0.25, 0.3) is 11.1 Å². The second-order valence-corrected chi connectivity index (χ2v) is 6.22. The fraction of sp³-hybridized carbons (Fsp3) is 0.200. The number of amides is 2. The number of aromatic nitrogens is 3. The number of benzene rings is 1. The maximum atomic E-state index is 12.1. The minimum atomic E-state index is -0.343. The number of anilines is 1. The summed E-state index contributed by atoms with van der Waals surface area (Å²) in [6.07, 6.45) is 3.32. The van der Waals surface area contributed by atoms with Crippen molar-refractivity contribution in [1.29, 1.82) is 0 Å². The summed E-state index contributed by atoms with van der Waals surface area (Å²) < 4.78 is 1.45. The van der Waals surface area contributed by atoms with Crippen molar-refractivity contribution < 1.29 is 9.59 Å². The second-order valence-electron chi connectivity index (χ2n) is 6.22. The third kappa shape index (κ3) is 4.20. The molecular formula is C20H21N5O2. The zero-order valence-electron chi connectivity index (χ0n) is 15.5. The van der Waals surface area contributed by atoms with Crippen molar-refractivity contribution >= 4 is 17.5 Å². The van der Waals surface area contributed by atoms with E-state index in [-0.39, 0.29) is 18.4 Å². The molecule has 0 spiro atoms. The Kier molecular flexibility index (Phi) is 5.30. The van der Waals surface area contributed by atoms with E-state index in [9.17, 15) is 9.59 Å². The average Bonchev–Trinajstić information content (AvgIpc) is 3.09. The van der Waals surface area contributed by atoms with E-state index in [4.69, 9.17) is 0 Å². The Morgan fingerprint density at radius 1 is 1.04 bits per heavy atom. The van der Waals surface area contributed by atoms with Gasteiger partial charge in [-0.2, -0.15) is 5.10 Å². The Bertz CT molecular complexity index is 976. The highest BCUT2D eigenvalue weighted by Crippen LogP contribution is 2.25. The lowest BCUT2D eigenvalue weighted by atomic mass is 10.0. The zero-order chi connectivity index (χ0) is 19.4. The molecule has 0 aliphatic carbocycles. The molecule has 2 N–H and O–H groups in total. The molecule has 3 rings (SSSR count). The van der Waals surface area contributed by atoms with Crippen LogP contribution >= 0.6 is 0 Å². The van der Waals surface area contributed by atoms with Gasteiger partial charge in [-0.3, -0.25) is 19.3 Å². The predicted octanol–water partition coefficient (Wildman–Crippen LogP) is 2.47. The van der Waals surface area contributed by atoms with Gasteiger partial charge in [0.05, 0.1) is 6.54 Å². The minimum Gasteiger partial charge on any atom is -0.342 e. The van der Waals surface area contributed by atoms with E-state index in [1.54, 1.807) is 19.3 Å². The smallest absolute Gasteiger partial charge is 0.269 e. The number of rotatable bonds is 5. The number of hydrogen-bond donors (Lipinski definition) is 2. The van der Waals surface area contributed by atoms with Crippen LogP contribution < -0.4 is 10.6 Å². The van der Waals surface area contributed by atoms with E-state index >= 15 is 0 Å². The highest BCUT2D eigenvalue weighted by Gasteiger charge is 2.11. The van der Waals surface area contributed by atoms with Gasteiger partial charge in [-0.05, 0) is 54.8 Å². The summed E-state index contributed by atoms with van der Waals surface area (Å²) in [7, 11) is 1.67. The van der Waals surface area contributed by atoms with Crippen molar-refractivity contribution in [3.8, 4) is 11.1 Å². The minimum absolute atomic E-state index is 0.117. The molecule has 7 nitrogen and oxygen atoms in total. The molecule has 0 bridgehead atoms. The maximum Gasteiger partial charge on any atom is 0.269 e. The molecule has 27 heavy (non-hydrogen) atoms. The van der Waals surface area contributed by atoms with Gasteiger partial charge in [0.15, 0.2) is 0 Å². The van der Waals surface area contributed by atoms with Gasteiger partial charge in [-0.25, -0.2) is 0 Å². The Labute approximate surface area is 157 Å². The molecule has 0 unspecified atom stereocenters. The van der Waals surface area contributed by atoms with Gasteiger partial charge < -0.3 is 10.6 Å². The van der Waals surface area contributed by atoms with Gasteiger partial charge in [-0.15, -0.1) is 0 Å². The summed E-state index contributed by atoms with van der Waals surface area (Å²) in [6, 6.07) is 11.1. The van der Waals surface area contributed by atoms with Gasteiger partial charge in [0, 0.05) is 30.8 Å². The highest BCUT2D eigenvalue weighted by atomic mass is 16.2. The van der Waals surface area contributed by atoms with Crippen LogP contribution in [0.1, 0.15) is 21.7 Å². The monoisotopic (exact) mass is 363 g/mol. The van der Waals surface area contributed by atoms with Gasteiger partial charge in [-0.1, -0.05) is 12.1 Å². The number of carbonyl (C=O) groups is 2. The first-order valence-electron chi connectivity index (χ1n) is 8.54. The summed E-state index contributed by atoms with van der Waals surface area (Å²) in [5.74, 6) is -0.641. The molecule has 0 aliphatic heterocycles. The number of carbonyl (C=O) groups excluding carboxylic acids is 2. The van der Waals surface area contributed by atoms with E-state index in [1.165, 1.54) is 10.9 Å². The molecule has 2 heterocycles. The number of aryl methyl sites for hydroxylation is 2. The fourth-order valence-corrected chi connectivity index (χ4v) is 2.74. The van der Waals surface area contributed by atoms with E-state index < -0.39 is 0 Å². The predicted molar refractivity (Wildman–Crippen MR) is 103 cm³/mol. The molecule has 2 aromatic heterocycles. The van der Waals surface area contributed by atoms with Gasteiger partial charge >= 0.3 is 0 Å². The number of hydrogen-bond acceptors (Lipinski definition) is 4. The normalized spacial score (nSPS) is 10.5. The third-order valence-electron chi connectivity index (χ3n) is 4.40. The average molecular weight is 363 g/mol. The fourth-order valence-electron chi connectivity index (χ4n) is 2.74. The maximum absolute atomic E-state index is 12.1. The molecule has 0 saturated heterocycles. The molecule has 0 aliphatic rings. The highest BCUT2D eigenvalue weighted by molar-refractivity contribution is 5.98. The Balaban J connectivity index is 1.59. The van der Waals surface area contributed by atoms with Crippen LogP contribution in [0.4, 0.5) is 5.69 Å². The summed E-state index contributed by atoms with van der Waals surface area (Å²) in [5.41, 5.74) is 5.36. The number of nitrogens with one attached hydrogen (secondary N) is 2. The molecule has 3 aromatic rings. The van der Waals surface area contributed by atoms with E-state index in [0.29, 0.717) is 11.4 Å². The number of pyridine rings is 1. The SMILES string of the molecule is Cc1nccc(-c2ccc(NC(=O)CNC(=O)c3ccnn3C)cc2)c1C. The van der Waals surface area contributed by atoms with Gasteiger partial charge in [0.1, 0.15) is 5.69 Å². The quantitative estimate of drug-likeness (QED) is 0.729. The summed E-state index contributed by atoms with van der Waals surface area (Å²) >= 11 is 0. The third-order valence-corrected chi connectivity index (χ3v) is 4.40. The molecule has 1 aromatic carbocycles.